The molecule has 10 heteroatoms. The SMILES string of the molecule is CC1CCCCN1c1cc(-c2ccnn2C)nc2c(-c3ccn[nH]3)nn(CC(F)F)c12. The van der Waals surface area contributed by atoms with E-state index in [0.29, 0.717) is 28.5 Å². The van der Waals surface area contributed by atoms with Crippen LogP contribution in [-0.2, 0) is 13.6 Å². The van der Waals surface area contributed by atoms with E-state index in [1.165, 1.54) is 4.68 Å². The van der Waals surface area contributed by atoms with Gasteiger partial charge in [0.25, 0.3) is 6.43 Å². The first-order chi connectivity index (χ1) is 15.0. The van der Waals surface area contributed by atoms with Gasteiger partial charge in [-0.3, -0.25) is 14.5 Å². The summed E-state index contributed by atoms with van der Waals surface area (Å²) in [5, 5.41) is 15.7. The van der Waals surface area contributed by atoms with Crippen LogP contribution < -0.4 is 4.90 Å². The first-order valence-corrected chi connectivity index (χ1v) is 10.5. The van der Waals surface area contributed by atoms with Crippen LogP contribution in [0.1, 0.15) is 26.2 Å². The van der Waals surface area contributed by atoms with Gasteiger partial charge in [-0.15, -0.1) is 0 Å². The molecule has 1 aliphatic rings. The number of anilines is 1. The number of aromatic amines is 1. The average molecular weight is 426 g/mol. The molecule has 162 valence electrons. The van der Waals surface area contributed by atoms with Crippen LogP contribution in [0, 0.1) is 0 Å². The Balaban J connectivity index is 1.82. The zero-order valence-electron chi connectivity index (χ0n) is 17.5. The Morgan fingerprint density at radius 3 is 2.77 bits per heavy atom. The van der Waals surface area contributed by atoms with Crippen LogP contribution in [-0.4, -0.2) is 53.8 Å². The van der Waals surface area contributed by atoms with E-state index < -0.39 is 13.0 Å². The van der Waals surface area contributed by atoms with E-state index in [2.05, 4.69) is 32.2 Å². The van der Waals surface area contributed by atoms with E-state index in [1.807, 2.05) is 19.2 Å². The van der Waals surface area contributed by atoms with Crippen LogP contribution in [0.15, 0.2) is 30.6 Å². The van der Waals surface area contributed by atoms with E-state index in [4.69, 9.17) is 4.98 Å². The van der Waals surface area contributed by atoms with Crippen molar-refractivity contribution < 1.29 is 8.78 Å². The maximum Gasteiger partial charge on any atom is 0.257 e. The summed E-state index contributed by atoms with van der Waals surface area (Å²) in [4.78, 5) is 7.18. The van der Waals surface area contributed by atoms with E-state index in [-0.39, 0.29) is 0 Å². The van der Waals surface area contributed by atoms with Gasteiger partial charge in [0.05, 0.1) is 22.8 Å². The van der Waals surface area contributed by atoms with E-state index in [1.54, 1.807) is 23.1 Å². The third kappa shape index (κ3) is 3.45. The Morgan fingerprint density at radius 1 is 1.23 bits per heavy atom. The number of piperidine rings is 1. The maximum atomic E-state index is 13.5. The van der Waals surface area contributed by atoms with Crippen molar-refractivity contribution in [2.75, 3.05) is 11.4 Å². The van der Waals surface area contributed by atoms with Crippen molar-refractivity contribution in [2.24, 2.45) is 7.05 Å². The Bertz CT molecular complexity index is 1190. The largest absolute Gasteiger partial charge is 0.367 e. The number of nitrogens with one attached hydrogen (secondary N) is 1. The molecule has 8 nitrogen and oxygen atoms in total. The van der Waals surface area contributed by atoms with Gasteiger partial charge in [-0.05, 0) is 44.4 Å². The molecular weight excluding hydrogens is 402 g/mol. The normalized spacial score (nSPS) is 17.2. The fourth-order valence-electron chi connectivity index (χ4n) is 4.43. The van der Waals surface area contributed by atoms with Crippen molar-refractivity contribution in [1.82, 2.24) is 34.7 Å². The number of hydrogen-bond donors (Lipinski definition) is 1. The zero-order chi connectivity index (χ0) is 21.5. The number of aromatic nitrogens is 7. The van der Waals surface area contributed by atoms with Crippen molar-refractivity contribution in [3.8, 4) is 22.8 Å². The molecule has 1 atom stereocenters. The summed E-state index contributed by atoms with van der Waals surface area (Å²) in [5.74, 6) is 0. The molecule has 0 radical (unpaired) electrons. The fraction of sp³-hybridized carbons (Fsp3) is 0.429. The maximum absolute atomic E-state index is 13.5. The predicted molar refractivity (Wildman–Crippen MR) is 114 cm³/mol. The molecule has 31 heavy (non-hydrogen) atoms. The smallest absolute Gasteiger partial charge is 0.257 e. The quantitative estimate of drug-likeness (QED) is 0.524. The number of pyridine rings is 1. The van der Waals surface area contributed by atoms with Gasteiger partial charge in [0.1, 0.15) is 23.3 Å². The number of H-pyrrole nitrogens is 1. The zero-order valence-corrected chi connectivity index (χ0v) is 17.5. The first kappa shape index (κ1) is 19.7. The minimum absolute atomic E-state index is 0.296. The van der Waals surface area contributed by atoms with Gasteiger partial charge < -0.3 is 4.90 Å². The number of fused-ring (bicyclic) bond motifs is 1. The summed E-state index contributed by atoms with van der Waals surface area (Å²) in [6, 6.07) is 5.96. The lowest BCUT2D eigenvalue weighted by atomic mass is 10.0. The molecular formula is C21H24F2N8. The molecule has 0 spiro atoms. The van der Waals surface area contributed by atoms with Crippen molar-refractivity contribution in [1.29, 1.82) is 0 Å². The highest BCUT2D eigenvalue weighted by Crippen LogP contribution is 2.38. The van der Waals surface area contributed by atoms with Crippen LogP contribution in [0.25, 0.3) is 33.8 Å². The van der Waals surface area contributed by atoms with Crippen LogP contribution in [0.5, 0.6) is 0 Å². The standard InChI is InChI=1S/C21H24F2N8/c1-13-5-3-4-10-30(13)17-11-15(16-7-9-25-29(16)2)26-20-19(14-6-8-24-27-14)28-31(21(17)20)12-18(22)23/h6-9,11,13,18H,3-5,10,12H2,1-2H3,(H,24,27). The third-order valence-corrected chi connectivity index (χ3v) is 5.94. The Labute approximate surface area is 177 Å². The van der Waals surface area contributed by atoms with Crippen molar-refractivity contribution in [2.45, 2.75) is 45.2 Å². The Hall–Kier alpha value is -3.30. The molecule has 5 heterocycles. The van der Waals surface area contributed by atoms with Crippen LogP contribution >= 0.6 is 0 Å². The topological polar surface area (TPSA) is 80.5 Å². The molecule has 1 saturated heterocycles. The lowest BCUT2D eigenvalue weighted by Gasteiger charge is -2.36. The lowest BCUT2D eigenvalue weighted by molar-refractivity contribution is 0.123. The highest BCUT2D eigenvalue weighted by atomic mass is 19.3. The highest BCUT2D eigenvalue weighted by molar-refractivity contribution is 5.99. The summed E-state index contributed by atoms with van der Waals surface area (Å²) in [7, 11) is 1.86. The Kier molecular flexibility index (Phi) is 4.91. The molecule has 0 aliphatic carbocycles. The summed E-state index contributed by atoms with van der Waals surface area (Å²) in [5.41, 5.74) is 4.84. The third-order valence-electron chi connectivity index (χ3n) is 5.94. The number of nitrogens with zero attached hydrogens (tertiary/aromatic N) is 7. The van der Waals surface area contributed by atoms with Gasteiger partial charge in [-0.2, -0.15) is 15.3 Å². The molecule has 0 amide bonds. The number of rotatable bonds is 5. The van der Waals surface area contributed by atoms with Crippen LogP contribution in [0.2, 0.25) is 0 Å². The molecule has 0 saturated carbocycles. The number of alkyl halides is 2. The highest BCUT2D eigenvalue weighted by Gasteiger charge is 2.27. The summed E-state index contributed by atoms with van der Waals surface area (Å²) in [6.45, 7) is 2.55. The minimum Gasteiger partial charge on any atom is -0.367 e. The van der Waals surface area contributed by atoms with Gasteiger partial charge >= 0.3 is 0 Å². The molecule has 1 N–H and O–H groups in total. The lowest BCUT2D eigenvalue weighted by Crippen LogP contribution is -2.37. The molecule has 1 fully saturated rings. The molecule has 0 aromatic carbocycles. The second-order valence-electron chi connectivity index (χ2n) is 7.99. The molecule has 4 aromatic rings. The Morgan fingerprint density at radius 2 is 2.10 bits per heavy atom. The van der Waals surface area contributed by atoms with Gasteiger partial charge in [0.2, 0.25) is 0 Å². The molecule has 1 unspecified atom stereocenters. The average Bonchev–Trinajstić information content (AvgIpc) is 3.48. The van der Waals surface area contributed by atoms with Gasteiger partial charge in [-0.25, -0.2) is 13.8 Å². The summed E-state index contributed by atoms with van der Waals surface area (Å²) < 4.78 is 30.1. The van der Waals surface area contributed by atoms with Crippen molar-refractivity contribution >= 4 is 16.7 Å². The van der Waals surface area contributed by atoms with E-state index in [9.17, 15) is 8.78 Å². The predicted octanol–water partition coefficient (Wildman–Crippen LogP) is 3.87. The van der Waals surface area contributed by atoms with Gasteiger partial charge in [-0.1, -0.05) is 0 Å². The second kappa shape index (κ2) is 7.75. The summed E-state index contributed by atoms with van der Waals surface area (Å²) >= 11 is 0. The van der Waals surface area contributed by atoms with E-state index in [0.717, 1.165) is 42.9 Å². The van der Waals surface area contributed by atoms with E-state index >= 15 is 0 Å². The van der Waals surface area contributed by atoms with Crippen molar-refractivity contribution in [3.63, 3.8) is 0 Å². The van der Waals surface area contributed by atoms with Gasteiger partial charge in [0, 0.05) is 32.0 Å². The van der Waals surface area contributed by atoms with Crippen LogP contribution in [0.4, 0.5) is 14.5 Å². The number of aryl methyl sites for hydroxylation is 1. The minimum atomic E-state index is -2.53. The van der Waals surface area contributed by atoms with Gasteiger partial charge in [0.15, 0.2) is 0 Å². The molecule has 1 aliphatic heterocycles. The molecule has 4 aromatic heterocycles. The van der Waals surface area contributed by atoms with Crippen molar-refractivity contribution in [3.05, 3.63) is 30.6 Å². The number of halogens is 2. The monoisotopic (exact) mass is 426 g/mol. The van der Waals surface area contributed by atoms with Crippen LogP contribution in [0.3, 0.4) is 0 Å². The fourth-order valence-corrected chi connectivity index (χ4v) is 4.43. The molecule has 5 rings (SSSR count). The molecule has 0 bridgehead atoms. The second-order valence-corrected chi connectivity index (χ2v) is 7.99. The first-order valence-electron chi connectivity index (χ1n) is 10.5. The number of hydrogen-bond acceptors (Lipinski definition) is 5. The summed E-state index contributed by atoms with van der Waals surface area (Å²) in [6.07, 6.45) is 4.09.